The number of hydrogen-bond acceptors (Lipinski definition) is 6. The lowest BCUT2D eigenvalue weighted by Gasteiger charge is -2.31. The maximum absolute atomic E-state index is 13.3. The molecule has 1 aliphatic rings. The van der Waals surface area contributed by atoms with E-state index >= 15 is 0 Å². The molecule has 3 aromatic rings. The molecule has 3 amide bonds. The molecule has 0 aliphatic carbocycles. The van der Waals surface area contributed by atoms with Crippen LogP contribution < -0.4 is 10.6 Å². The summed E-state index contributed by atoms with van der Waals surface area (Å²) in [7, 11) is 0. The van der Waals surface area contributed by atoms with Gasteiger partial charge >= 0.3 is 12.0 Å². The van der Waals surface area contributed by atoms with Crippen molar-refractivity contribution in [3.05, 3.63) is 70.4 Å². The number of urea groups is 1. The van der Waals surface area contributed by atoms with Gasteiger partial charge in [-0.25, -0.2) is 14.2 Å². The highest BCUT2D eigenvalue weighted by Crippen LogP contribution is 2.31. The van der Waals surface area contributed by atoms with E-state index in [1.165, 1.54) is 23.5 Å². The second kappa shape index (κ2) is 11.8. The van der Waals surface area contributed by atoms with Gasteiger partial charge in [-0.3, -0.25) is 9.59 Å². The Morgan fingerprint density at radius 2 is 1.83 bits per heavy atom. The van der Waals surface area contributed by atoms with Gasteiger partial charge in [0.25, 0.3) is 5.91 Å². The Labute approximate surface area is 212 Å². The number of benzene rings is 2. The molecule has 4 rings (SSSR count). The molecule has 2 heterocycles. The molecule has 188 valence electrons. The minimum absolute atomic E-state index is 0.150. The van der Waals surface area contributed by atoms with Crippen LogP contribution in [0, 0.1) is 5.82 Å². The number of piperidine rings is 1. The summed E-state index contributed by atoms with van der Waals surface area (Å²) in [5, 5.41) is 8.10. The van der Waals surface area contributed by atoms with Crippen molar-refractivity contribution in [3.63, 3.8) is 0 Å². The Kier molecular flexibility index (Phi) is 8.27. The molecule has 2 N–H and O–H groups in total. The summed E-state index contributed by atoms with van der Waals surface area (Å²) in [4.78, 5) is 42.9. The smallest absolute Gasteiger partial charge is 0.325 e. The molecule has 10 heteroatoms. The van der Waals surface area contributed by atoms with Crippen molar-refractivity contribution in [1.29, 1.82) is 0 Å². The minimum Gasteiger partial charge on any atom is -0.465 e. The fourth-order valence-corrected chi connectivity index (χ4v) is 5.01. The highest BCUT2D eigenvalue weighted by molar-refractivity contribution is 7.10. The quantitative estimate of drug-likeness (QED) is 0.451. The number of esters is 1. The van der Waals surface area contributed by atoms with E-state index in [0.717, 1.165) is 29.0 Å². The first-order valence-corrected chi connectivity index (χ1v) is 12.6. The van der Waals surface area contributed by atoms with Crippen molar-refractivity contribution in [1.82, 2.24) is 15.2 Å². The molecule has 0 unspecified atom stereocenters. The third-order valence-corrected chi connectivity index (χ3v) is 6.91. The third-order valence-electron chi connectivity index (χ3n) is 5.91. The number of aromatic nitrogens is 1. The standard InChI is InChI=1S/C26H27FN4O4S/c1-2-35-23(32)15-28-26(34)31-13-11-18(12-14-31)25-30-22(16-36-25)24(33)29-21-6-4-3-5-20(21)17-7-9-19(27)10-8-17/h3-10,16,18H,2,11-15H2,1H3,(H,28,34)(H,29,33). The van der Waals surface area contributed by atoms with Gasteiger partial charge in [0.15, 0.2) is 0 Å². The van der Waals surface area contributed by atoms with Crippen LogP contribution in [0.25, 0.3) is 11.1 Å². The number of para-hydroxylation sites is 1. The zero-order valence-corrected chi connectivity index (χ0v) is 20.6. The largest absolute Gasteiger partial charge is 0.465 e. The summed E-state index contributed by atoms with van der Waals surface area (Å²) >= 11 is 1.43. The predicted octanol–water partition coefficient (Wildman–Crippen LogP) is 4.65. The van der Waals surface area contributed by atoms with Gasteiger partial charge in [0.05, 0.1) is 11.6 Å². The Morgan fingerprint density at radius 1 is 1.11 bits per heavy atom. The van der Waals surface area contributed by atoms with E-state index in [4.69, 9.17) is 4.74 Å². The van der Waals surface area contributed by atoms with Crippen molar-refractivity contribution in [3.8, 4) is 11.1 Å². The van der Waals surface area contributed by atoms with E-state index in [-0.39, 0.29) is 36.8 Å². The zero-order valence-electron chi connectivity index (χ0n) is 19.8. The molecule has 1 aliphatic heterocycles. The summed E-state index contributed by atoms with van der Waals surface area (Å²) in [6.45, 7) is 2.90. The summed E-state index contributed by atoms with van der Waals surface area (Å²) in [5.74, 6) is -0.951. The molecule has 8 nitrogen and oxygen atoms in total. The SMILES string of the molecule is CCOC(=O)CNC(=O)N1CCC(c2nc(C(=O)Nc3ccccc3-c3ccc(F)cc3)cs2)CC1. The van der Waals surface area contributed by atoms with Gasteiger partial charge in [-0.15, -0.1) is 11.3 Å². The lowest BCUT2D eigenvalue weighted by molar-refractivity contribution is -0.141. The minimum atomic E-state index is -0.463. The summed E-state index contributed by atoms with van der Waals surface area (Å²) in [5.41, 5.74) is 2.53. The fourth-order valence-electron chi connectivity index (χ4n) is 4.04. The van der Waals surface area contributed by atoms with E-state index < -0.39 is 5.97 Å². The second-order valence-corrected chi connectivity index (χ2v) is 9.19. The van der Waals surface area contributed by atoms with Crippen LogP contribution in [0.15, 0.2) is 53.9 Å². The van der Waals surface area contributed by atoms with E-state index in [2.05, 4.69) is 15.6 Å². The van der Waals surface area contributed by atoms with Crippen molar-refractivity contribution in [2.75, 3.05) is 31.6 Å². The van der Waals surface area contributed by atoms with Crippen LogP contribution in [0.4, 0.5) is 14.9 Å². The van der Waals surface area contributed by atoms with Gasteiger partial charge < -0.3 is 20.3 Å². The predicted molar refractivity (Wildman–Crippen MR) is 135 cm³/mol. The highest BCUT2D eigenvalue weighted by atomic mass is 32.1. The highest BCUT2D eigenvalue weighted by Gasteiger charge is 2.26. The number of ether oxygens (including phenoxy) is 1. The van der Waals surface area contributed by atoms with Crippen LogP contribution in [-0.2, 0) is 9.53 Å². The van der Waals surface area contributed by atoms with Gasteiger partial charge in [0.2, 0.25) is 0 Å². The number of nitrogens with one attached hydrogen (secondary N) is 2. The molecule has 0 bridgehead atoms. The van der Waals surface area contributed by atoms with Crippen LogP contribution in [0.1, 0.15) is 41.2 Å². The molecule has 1 fully saturated rings. The summed E-state index contributed by atoms with van der Waals surface area (Å²) in [6.07, 6.45) is 1.43. The van der Waals surface area contributed by atoms with Crippen molar-refractivity contribution < 1.29 is 23.5 Å². The number of hydrogen-bond donors (Lipinski definition) is 2. The average Bonchev–Trinajstić information content (AvgIpc) is 3.39. The molecular weight excluding hydrogens is 483 g/mol. The number of rotatable bonds is 7. The van der Waals surface area contributed by atoms with Crippen molar-refractivity contribution in [2.24, 2.45) is 0 Å². The van der Waals surface area contributed by atoms with Crippen LogP contribution in [0.5, 0.6) is 0 Å². The van der Waals surface area contributed by atoms with Gasteiger partial charge in [-0.1, -0.05) is 30.3 Å². The maximum atomic E-state index is 13.3. The number of carbonyl (C=O) groups excluding carboxylic acids is 3. The summed E-state index contributed by atoms with van der Waals surface area (Å²) in [6, 6.07) is 13.2. The number of anilines is 1. The fraction of sp³-hybridized carbons (Fsp3) is 0.308. The first kappa shape index (κ1) is 25.3. The lowest BCUT2D eigenvalue weighted by atomic mass is 9.98. The van der Waals surface area contributed by atoms with E-state index in [0.29, 0.717) is 24.5 Å². The molecule has 0 atom stereocenters. The molecule has 36 heavy (non-hydrogen) atoms. The zero-order chi connectivity index (χ0) is 25.5. The van der Waals surface area contributed by atoms with E-state index in [1.807, 2.05) is 18.2 Å². The van der Waals surface area contributed by atoms with Crippen LogP contribution in [0.2, 0.25) is 0 Å². The molecule has 2 aromatic carbocycles. The monoisotopic (exact) mass is 510 g/mol. The first-order chi connectivity index (χ1) is 17.4. The Hall–Kier alpha value is -3.79. The summed E-state index contributed by atoms with van der Waals surface area (Å²) < 4.78 is 18.1. The maximum Gasteiger partial charge on any atom is 0.325 e. The number of carbonyl (C=O) groups is 3. The second-order valence-electron chi connectivity index (χ2n) is 8.30. The first-order valence-electron chi connectivity index (χ1n) is 11.7. The molecule has 0 saturated carbocycles. The Bertz CT molecular complexity index is 1220. The average molecular weight is 511 g/mol. The van der Waals surface area contributed by atoms with Crippen LogP contribution >= 0.6 is 11.3 Å². The van der Waals surface area contributed by atoms with Gasteiger partial charge in [0, 0.05) is 35.6 Å². The van der Waals surface area contributed by atoms with Gasteiger partial charge in [-0.2, -0.15) is 0 Å². The van der Waals surface area contributed by atoms with E-state index in [1.54, 1.807) is 35.4 Å². The number of amides is 3. The molecule has 1 saturated heterocycles. The van der Waals surface area contributed by atoms with Gasteiger partial charge in [0.1, 0.15) is 18.1 Å². The Balaban J connectivity index is 1.34. The van der Waals surface area contributed by atoms with Crippen LogP contribution in [-0.4, -0.2) is 54.0 Å². The number of nitrogens with zero attached hydrogens (tertiary/aromatic N) is 2. The third kappa shape index (κ3) is 6.25. The van der Waals surface area contributed by atoms with Crippen molar-refractivity contribution in [2.45, 2.75) is 25.7 Å². The lowest BCUT2D eigenvalue weighted by Crippen LogP contribution is -2.45. The Morgan fingerprint density at radius 3 is 2.56 bits per heavy atom. The number of halogens is 1. The van der Waals surface area contributed by atoms with E-state index in [9.17, 15) is 18.8 Å². The molecule has 0 radical (unpaired) electrons. The molecular formula is C26H27FN4O4S. The van der Waals surface area contributed by atoms with Gasteiger partial charge in [-0.05, 0) is 43.5 Å². The number of thiazole rings is 1. The molecule has 0 spiro atoms. The topological polar surface area (TPSA) is 101 Å². The molecule has 1 aromatic heterocycles. The normalized spacial score (nSPS) is 13.8. The van der Waals surface area contributed by atoms with Crippen LogP contribution in [0.3, 0.4) is 0 Å². The van der Waals surface area contributed by atoms with Crippen molar-refractivity contribution >= 4 is 34.9 Å². The number of likely N-dealkylation sites (tertiary alicyclic amines) is 1.